The first kappa shape index (κ1) is 10.6. The largest absolute Gasteiger partial charge is 0.283 e. The summed E-state index contributed by atoms with van der Waals surface area (Å²) in [6, 6.07) is 19.0. The topological polar surface area (TPSA) is 4.93 Å². The Morgan fingerprint density at radius 2 is 1.59 bits per heavy atom. The van der Waals surface area contributed by atoms with E-state index in [-0.39, 0.29) is 0 Å². The summed E-state index contributed by atoms with van der Waals surface area (Å²) < 4.78 is 2.01. The van der Waals surface area contributed by atoms with Gasteiger partial charge in [0.1, 0.15) is 0 Å². The second kappa shape index (κ2) is 4.38. The fourth-order valence-electron chi connectivity index (χ4n) is 2.16. The molecule has 0 aliphatic rings. The average Bonchev–Trinajstić information content (AvgIpc) is 2.69. The van der Waals surface area contributed by atoms with E-state index in [0.29, 0.717) is 0 Å². The lowest BCUT2D eigenvalue weighted by molar-refractivity contribution is 1.20. The van der Waals surface area contributed by atoms with Crippen LogP contribution in [0.5, 0.6) is 0 Å². The molecule has 0 atom stereocenters. The van der Waals surface area contributed by atoms with Gasteiger partial charge in [0.05, 0.1) is 21.7 Å². The highest BCUT2D eigenvalue weighted by Crippen LogP contribution is 2.24. The number of benzene rings is 2. The first-order valence-corrected chi connectivity index (χ1v) is 6.34. The highest BCUT2D eigenvalue weighted by molar-refractivity contribution is 9.08. The average molecular weight is 286 g/mol. The van der Waals surface area contributed by atoms with Crippen LogP contribution in [0.25, 0.3) is 10.9 Å². The van der Waals surface area contributed by atoms with Crippen molar-refractivity contribution in [2.45, 2.75) is 6.42 Å². The monoisotopic (exact) mass is 285 g/mol. The molecule has 1 nitrogen and oxygen atoms in total. The molecule has 0 spiro atoms. The summed E-state index contributed by atoms with van der Waals surface area (Å²) in [6.45, 7) is 0. The molecule has 17 heavy (non-hydrogen) atoms. The molecule has 0 unspecified atom stereocenters. The Bertz CT molecular complexity index is 640. The van der Waals surface area contributed by atoms with Gasteiger partial charge in [-0.05, 0) is 23.6 Å². The Hall–Kier alpha value is -1.54. The van der Waals surface area contributed by atoms with Crippen LogP contribution in [-0.4, -0.2) is 3.59 Å². The van der Waals surface area contributed by atoms with Crippen molar-refractivity contribution in [3.05, 3.63) is 71.9 Å². The smallest absolute Gasteiger partial charge is 0.0594 e. The van der Waals surface area contributed by atoms with Crippen LogP contribution in [0.2, 0.25) is 0 Å². The van der Waals surface area contributed by atoms with Gasteiger partial charge in [-0.25, -0.2) is 0 Å². The van der Waals surface area contributed by atoms with Gasteiger partial charge in [0.25, 0.3) is 0 Å². The minimum Gasteiger partial charge on any atom is -0.283 e. The number of aromatic nitrogens is 1. The summed E-state index contributed by atoms with van der Waals surface area (Å²) in [5.74, 6) is 0. The van der Waals surface area contributed by atoms with E-state index in [1.807, 2.05) is 3.59 Å². The molecule has 2 aromatic carbocycles. The fourth-order valence-corrected chi connectivity index (χ4v) is 2.72. The summed E-state index contributed by atoms with van der Waals surface area (Å²) in [7, 11) is 0. The number of fused-ring (bicyclic) bond motifs is 1. The molecule has 2 heteroatoms. The van der Waals surface area contributed by atoms with E-state index in [9.17, 15) is 0 Å². The molecule has 0 aliphatic heterocycles. The number of nitrogens with zero attached hydrogens (tertiary/aromatic N) is 1. The fraction of sp³-hybridized carbons (Fsp3) is 0.0667. The van der Waals surface area contributed by atoms with Gasteiger partial charge in [0, 0.05) is 11.6 Å². The summed E-state index contributed by atoms with van der Waals surface area (Å²) in [6.07, 6.45) is 3.12. The summed E-state index contributed by atoms with van der Waals surface area (Å²) in [4.78, 5) is 0. The first-order valence-electron chi connectivity index (χ1n) is 5.63. The van der Waals surface area contributed by atoms with Gasteiger partial charge in [-0.3, -0.25) is 3.59 Å². The van der Waals surface area contributed by atoms with Crippen molar-refractivity contribution in [2.75, 3.05) is 0 Å². The number of hydrogen-bond acceptors (Lipinski definition) is 0. The number of hydrogen-bond donors (Lipinski definition) is 0. The minimum absolute atomic E-state index is 0.972. The Morgan fingerprint density at radius 3 is 2.41 bits per heavy atom. The van der Waals surface area contributed by atoms with Crippen LogP contribution in [-0.2, 0) is 6.42 Å². The molecule has 0 amide bonds. The summed E-state index contributed by atoms with van der Waals surface area (Å²) in [5, 5.41) is 1.31. The van der Waals surface area contributed by atoms with Crippen molar-refractivity contribution in [1.29, 1.82) is 0 Å². The van der Waals surface area contributed by atoms with E-state index in [1.165, 1.54) is 22.0 Å². The first-order chi connectivity index (χ1) is 8.34. The van der Waals surface area contributed by atoms with E-state index in [1.54, 1.807) is 0 Å². The van der Waals surface area contributed by atoms with Crippen LogP contribution >= 0.6 is 16.1 Å². The highest BCUT2D eigenvalue weighted by Gasteiger charge is 2.06. The second-order valence-corrected chi connectivity index (χ2v) is 4.91. The molecule has 0 bridgehead atoms. The lowest BCUT2D eigenvalue weighted by Crippen LogP contribution is -1.85. The Balaban J connectivity index is 2.07. The van der Waals surface area contributed by atoms with E-state index in [4.69, 9.17) is 0 Å². The zero-order chi connectivity index (χ0) is 11.7. The van der Waals surface area contributed by atoms with Crippen LogP contribution in [0.4, 0.5) is 0 Å². The lowest BCUT2D eigenvalue weighted by atomic mass is 10.0. The van der Waals surface area contributed by atoms with Gasteiger partial charge in [-0.15, -0.1) is 0 Å². The Labute approximate surface area is 109 Å². The van der Waals surface area contributed by atoms with E-state index in [2.05, 4.69) is 76.9 Å². The van der Waals surface area contributed by atoms with Crippen molar-refractivity contribution >= 4 is 27.1 Å². The summed E-state index contributed by atoms with van der Waals surface area (Å²) >= 11 is 3.55. The molecule has 3 aromatic rings. The van der Waals surface area contributed by atoms with Gasteiger partial charge in [0.15, 0.2) is 0 Å². The van der Waals surface area contributed by atoms with Crippen molar-refractivity contribution < 1.29 is 0 Å². The van der Waals surface area contributed by atoms with Crippen molar-refractivity contribution in [3.8, 4) is 0 Å². The zero-order valence-electron chi connectivity index (χ0n) is 9.31. The predicted octanol–water partition coefficient (Wildman–Crippen LogP) is 4.39. The molecule has 0 fully saturated rings. The molecule has 0 aliphatic carbocycles. The van der Waals surface area contributed by atoms with E-state index in [0.717, 1.165) is 6.42 Å². The Kier molecular flexibility index (Phi) is 2.73. The quantitative estimate of drug-likeness (QED) is 0.658. The number of rotatable bonds is 2. The standard InChI is InChI=1S/C15H12BrN/c16-17-11-13(10-12-6-2-1-3-7-12)14-8-4-5-9-15(14)17/h1-9,11H,10H2. The van der Waals surface area contributed by atoms with Crippen LogP contribution in [0.3, 0.4) is 0 Å². The molecular formula is C15H12BrN. The maximum Gasteiger partial charge on any atom is 0.0594 e. The van der Waals surface area contributed by atoms with Gasteiger partial charge in [-0.2, -0.15) is 0 Å². The van der Waals surface area contributed by atoms with Gasteiger partial charge < -0.3 is 0 Å². The van der Waals surface area contributed by atoms with Crippen LogP contribution in [0, 0.1) is 0 Å². The third kappa shape index (κ3) is 2.01. The van der Waals surface area contributed by atoms with E-state index < -0.39 is 0 Å². The van der Waals surface area contributed by atoms with Crippen molar-refractivity contribution in [1.82, 2.24) is 3.59 Å². The third-order valence-corrected chi connectivity index (χ3v) is 3.57. The lowest BCUT2D eigenvalue weighted by Gasteiger charge is -1.99. The van der Waals surface area contributed by atoms with Gasteiger partial charge >= 0.3 is 0 Å². The molecule has 84 valence electrons. The Morgan fingerprint density at radius 1 is 0.882 bits per heavy atom. The van der Waals surface area contributed by atoms with Gasteiger partial charge in [0.2, 0.25) is 0 Å². The predicted molar refractivity (Wildman–Crippen MR) is 75.5 cm³/mol. The van der Waals surface area contributed by atoms with Gasteiger partial charge in [-0.1, -0.05) is 48.5 Å². The molecule has 0 saturated carbocycles. The molecular weight excluding hydrogens is 274 g/mol. The SMILES string of the molecule is Brn1cc(Cc2ccccc2)c2ccccc21. The molecule has 0 N–H and O–H groups in total. The highest BCUT2D eigenvalue weighted by atomic mass is 79.9. The van der Waals surface area contributed by atoms with Crippen LogP contribution in [0.15, 0.2) is 60.8 Å². The molecule has 1 aromatic heterocycles. The number of halogens is 1. The maximum atomic E-state index is 3.55. The van der Waals surface area contributed by atoms with Crippen molar-refractivity contribution in [2.24, 2.45) is 0 Å². The van der Waals surface area contributed by atoms with Crippen LogP contribution < -0.4 is 0 Å². The normalized spacial score (nSPS) is 10.9. The minimum atomic E-state index is 0.972. The second-order valence-electron chi connectivity index (χ2n) is 4.15. The number of para-hydroxylation sites is 1. The molecule has 0 radical (unpaired) electrons. The van der Waals surface area contributed by atoms with Crippen LogP contribution in [0.1, 0.15) is 11.1 Å². The zero-order valence-corrected chi connectivity index (χ0v) is 10.9. The molecule has 1 heterocycles. The summed E-state index contributed by atoms with van der Waals surface area (Å²) in [5.41, 5.74) is 3.92. The maximum absolute atomic E-state index is 3.55. The van der Waals surface area contributed by atoms with E-state index >= 15 is 0 Å². The van der Waals surface area contributed by atoms with Crippen molar-refractivity contribution in [3.63, 3.8) is 0 Å². The third-order valence-electron chi connectivity index (χ3n) is 2.99. The molecule has 3 rings (SSSR count). The molecule has 0 saturated heterocycles.